The predicted octanol–water partition coefficient (Wildman–Crippen LogP) is 5.40. The Bertz CT molecular complexity index is 1340. The molecule has 4 aromatic rings. The first-order valence-electron chi connectivity index (χ1n) is 13.0. The van der Waals surface area contributed by atoms with Crippen molar-refractivity contribution in [2.45, 2.75) is 58.3 Å². The number of fused-ring (bicyclic) bond motifs is 3. The average molecular weight is 468 g/mol. The van der Waals surface area contributed by atoms with Gasteiger partial charge in [-0.1, -0.05) is 42.0 Å². The van der Waals surface area contributed by atoms with E-state index in [0.717, 1.165) is 30.2 Å². The second kappa shape index (κ2) is 9.43. The van der Waals surface area contributed by atoms with Gasteiger partial charge in [-0.25, -0.2) is 0 Å². The summed E-state index contributed by atoms with van der Waals surface area (Å²) in [6, 6.07) is 24.4. The van der Waals surface area contributed by atoms with E-state index in [9.17, 15) is 0 Å². The van der Waals surface area contributed by atoms with Crippen LogP contribution in [0.5, 0.6) is 11.5 Å². The van der Waals surface area contributed by atoms with E-state index >= 15 is 0 Å². The molecule has 35 heavy (non-hydrogen) atoms. The summed E-state index contributed by atoms with van der Waals surface area (Å²) in [5, 5.41) is 1.49. The minimum absolute atomic E-state index is 0.544. The zero-order valence-electron chi connectivity index (χ0n) is 20.8. The van der Waals surface area contributed by atoms with E-state index in [4.69, 9.17) is 9.47 Å². The number of quaternary nitrogens is 1. The summed E-state index contributed by atoms with van der Waals surface area (Å²) < 4.78 is 14.5. The lowest BCUT2D eigenvalue weighted by Gasteiger charge is -2.31. The average Bonchev–Trinajstić information content (AvgIpc) is 3.08. The van der Waals surface area contributed by atoms with E-state index in [-0.39, 0.29) is 0 Å². The highest BCUT2D eigenvalue weighted by atomic mass is 16.5. The van der Waals surface area contributed by atoms with Gasteiger partial charge in [0.1, 0.15) is 19.2 Å². The molecule has 1 N–H and O–H groups in total. The Balaban J connectivity index is 1.26. The fourth-order valence-corrected chi connectivity index (χ4v) is 6.27. The lowest BCUT2D eigenvalue weighted by Crippen LogP contribution is -3.11. The van der Waals surface area contributed by atoms with Crippen molar-refractivity contribution in [2.75, 3.05) is 13.7 Å². The number of ether oxygens (including phenoxy) is 2. The summed E-state index contributed by atoms with van der Waals surface area (Å²) in [7, 11) is 1.74. The summed E-state index contributed by atoms with van der Waals surface area (Å²) in [4.78, 5) is 1.68. The Morgan fingerprint density at radius 3 is 2.69 bits per heavy atom. The van der Waals surface area contributed by atoms with Gasteiger partial charge in [-0.15, -0.1) is 0 Å². The number of benzene rings is 3. The third-order valence-electron chi connectivity index (χ3n) is 7.89. The molecule has 1 aliphatic carbocycles. The second-order valence-corrected chi connectivity index (χ2v) is 10.2. The third-order valence-corrected chi connectivity index (χ3v) is 7.89. The molecule has 2 aliphatic rings. The van der Waals surface area contributed by atoms with Gasteiger partial charge < -0.3 is 18.9 Å². The van der Waals surface area contributed by atoms with Gasteiger partial charge >= 0.3 is 0 Å². The standard InChI is InChI=1S/C31H34N2O2/c1-22-12-14-27-26(18-22)25-10-6-11-28-31(25)33(27)17-7-16-32(28)20-24-13-15-29(30(19-24)34-2)35-21-23-8-4-3-5-9-23/h3-5,8-9,12-15,18-19,28H,6-7,10-11,16-17,20-21H2,1-2H3/p+1/t28-/m0/s1. The largest absolute Gasteiger partial charge is 0.493 e. The smallest absolute Gasteiger partial charge is 0.161 e. The van der Waals surface area contributed by atoms with Crippen LogP contribution in [0.15, 0.2) is 66.7 Å². The molecular weight excluding hydrogens is 432 g/mol. The first kappa shape index (κ1) is 22.2. The highest BCUT2D eigenvalue weighted by Gasteiger charge is 2.36. The van der Waals surface area contributed by atoms with Crippen molar-refractivity contribution in [3.63, 3.8) is 0 Å². The van der Waals surface area contributed by atoms with Gasteiger partial charge in [0.25, 0.3) is 0 Å². The molecule has 2 atom stereocenters. The fraction of sp³-hybridized carbons (Fsp3) is 0.355. The number of hydrogen-bond donors (Lipinski definition) is 1. The third kappa shape index (κ3) is 4.21. The molecule has 4 nitrogen and oxygen atoms in total. The van der Waals surface area contributed by atoms with Crippen LogP contribution in [0, 0.1) is 6.92 Å². The number of nitrogens with zero attached hydrogens (tertiary/aromatic N) is 1. The Hall–Kier alpha value is -3.24. The van der Waals surface area contributed by atoms with Gasteiger partial charge in [-0.05, 0) is 61.2 Å². The molecule has 0 spiro atoms. The summed E-state index contributed by atoms with van der Waals surface area (Å²) in [6.45, 7) is 6.11. The van der Waals surface area contributed by atoms with E-state index < -0.39 is 0 Å². The molecule has 0 radical (unpaired) electrons. The van der Waals surface area contributed by atoms with Crippen LogP contribution >= 0.6 is 0 Å². The molecule has 0 amide bonds. The summed E-state index contributed by atoms with van der Waals surface area (Å²) >= 11 is 0. The van der Waals surface area contributed by atoms with E-state index in [2.05, 4.69) is 60.0 Å². The molecular formula is C31H35N2O2+. The van der Waals surface area contributed by atoms with Gasteiger partial charge in [0, 0.05) is 35.9 Å². The topological polar surface area (TPSA) is 27.8 Å². The van der Waals surface area contributed by atoms with Crippen LogP contribution in [0.2, 0.25) is 0 Å². The highest BCUT2D eigenvalue weighted by molar-refractivity contribution is 5.86. The fourth-order valence-electron chi connectivity index (χ4n) is 6.27. The monoisotopic (exact) mass is 467 g/mol. The van der Waals surface area contributed by atoms with E-state index in [1.54, 1.807) is 23.3 Å². The van der Waals surface area contributed by atoms with Crippen LogP contribution in [-0.4, -0.2) is 18.2 Å². The first-order valence-corrected chi connectivity index (χ1v) is 13.0. The number of hydrogen-bond acceptors (Lipinski definition) is 2. The summed E-state index contributed by atoms with van der Waals surface area (Å²) in [5.41, 5.74) is 8.50. The number of methoxy groups -OCH3 is 1. The Kier molecular flexibility index (Phi) is 5.99. The quantitative estimate of drug-likeness (QED) is 0.411. The minimum Gasteiger partial charge on any atom is -0.493 e. The molecule has 1 aromatic heterocycles. The van der Waals surface area contributed by atoms with E-state index in [1.807, 2.05) is 18.2 Å². The van der Waals surface area contributed by atoms with Gasteiger partial charge in [-0.3, -0.25) is 0 Å². The van der Waals surface area contributed by atoms with Crippen molar-refractivity contribution < 1.29 is 14.4 Å². The highest BCUT2D eigenvalue weighted by Crippen LogP contribution is 2.38. The van der Waals surface area contributed by atoms with Crippen LogP contribution in [-0.2, 0) is 26.1 Å². The second-order valence-electron chi connectivity index (χ2n) is 10.2. The van der Waals surface area contributed by atoms with Crippen molar-refractivity contribution in [1.29, 1.82) is 0 Å². The van der Waals surface area contributed by atoms with E-state index in [0.29, 0.717) is 12.6 Å². The molecule has 2 heterocycles. The molecule has 0 fully saturated rings. The molecule has 0 bridgehead atoms. The van der Waals surface area contributed by atoms with Crippen LogP contribution < -0.4 is 14.4 Å². The number of aryl methyl sites for hydroxylation is 3. The lowest BCUT2D eigenvalue weighted by molar-refractivity contribution is -0.945. The molecule has 6 rings (SSSR count). The van der Waals surface area contributed by atoms with Crippen molar-refractivity contribution in [3.05, 3.63) is 94.7 Å². The molecule has 0 saturated heterocycles. The molecule has 4 heteroatoms. The Morgan fingerprint density at radius 1 is 0.943 bits per heavy atom. The van der Waals surface area contributed by atoms with E-state index in [1.165, 1.54) is 54.3 Å². The maximum atomic E-state index is 6.10. The van der Waals surface area contributed by atoms with Crippen molar-refractivity contribution in [1.82, 2.24) is 4.57 Å². The maximum Gasteiger partial charge on any atom is 0.161 e. The SMILES string of the molecule is COc1cc(C[NH+]2CCCn3c4c(c5cc(C)ccc53)CCC[C@@H]42)ccc1OCc1ccccc1. The zero-order chi connectivity index (χ0) is 23.8. The normalized spacial score (nSPS) is 19.3. The van der Waals surface area contributed by atoms with Gasteiger partial charge in [-0.2, -0.15) is 0 Å². The van der Waals surface area contributed by atoms with Gasteiger partial charge in [0.2, 0.25) is 0 Å². The summed E-state index contributed by atoms with van der Waals surface area (Å²) in [5.74, 6) is 1.63. The van der Waals surface area contributed by atoms with Crippen molar-refractivity contribution >= 4 is 10.9 Å². The molecule has 0 saturated carbocycles. The predicted molar refractivity (Wildman–Crippen MR) is 140 cm³/mol. The van der Waals surface area contributed by atoms with Gasteiger partial charge in [0.05, 0.1) is 19.3 Å². The maximum absolute atomic E-state index is 6.10. The molecule has 1 unspecified atom stereocenters. The van der Waals surface area contributed by atoms with Crippen LogP contribution in [0.3, 0.4) is 0 Å². The van der Waals surface area contributed by atoms with Crippen LogP contribution in [0.25, 0.3) is 10.9 Å². The first-order chi connectivity index (χ1) is 17.2. The van der Waals surface area contributed by atoms with Crippen LogP contribution in [0.1, 0.15) is 53.3 Å². The Morgan fingerprint density at radius 2 is 1.83 bits per heavy atom. The molecule has 180 valence electrons. The zero-order valence-corrected chi connectivity index (χ0v) is 20.8. The van der Waals surface area contributed by atoms with Gasteiger partial charge in [0.15, 0.2) is 11.5 Å². The number of nitrogens with one attached hydrogen (secondary N) is 1. The molecule has 3 aromatic carbocycles. The van der Waals surface area contributed by atoms with Crippen molar-refractivity contribution in [3.8, 4) is 11.5 Å². The molecule has 1 aliphatic heterocycles. The Labute approximate surface area is 208 Å². The lowest BCUT2D eigenvalue weighted by atomic mass is 9.90. The van der Waals surface area contributed by atoms with Crippen LogP contribution in [0.4, 0.5) is 0 Å². The number of aromatic nitrogens is 1. The van der Waals surface area contributed by atoms with Crippen molar-refractivity contribution in [2.24, 2.45) is 0 Å². The summed E-state index contributed by atoms with van der Waals surface area (Å²) in [6.07, 6.45) is 4.98. The minimum atomic E-state index is 0.544. The number of rotatable bonds is 6.